The van der Waals surface area contributed by atoms with Gasteiger partial charge in [-0.1, -0.05) is 52.0 Å². The van der Waals surface area contributed by atoms with Crippen LogP contribution in [0.4, 0.5) is 11.4 Å². The fraction of sp³-hybridized carbons (Fsp3) is 0.400. The lowest BCUT2D eigenvalue weighted by Gasteiger charge is -2.35. The summed E-state index contributed by atoms with van der Waals surface area (Å²) in [6, 6.07) is 17.0. The van der Waals surface area contributed by atoms with Gasteiger partial charge in [-0.15, -0.1) is 0 Å². The zero-order valence-corrected chi connectivity index (χ0v) is 14.2. The van der Waals surface area contributed by atoms with Crippen LogP contribution in [0.3, 0.4) is 0 Å². The molecule has 0 fully saturated rings. The Morgan fingerprint density at radius 1 is 0.909 bits per heavy atom. The topological polar surface area (TPSA) is 38.0 Å². The molecule has 0 saturated carbocycles. The molecule has 0 amide bonds. The molecule has 3 N–H and O–H groups in total. The predicted octanol–water partition coefficient (Wildman–Crippen LogP) is 5.52. The van der Waals surface area contributed by atoms with Crippen molar-refractivity contribution in [3.05, 3.63) is 59.7 Å². The fourth-order valence-corrected chi connectivity index (χ4v) is 2.94. The number of nitrogen functional groups attached to an aromatic ring is 1. The maximum atomic E-state index is 5.83. The Morgan fingerprint density at radius 3 is 1.91 bits per heavy atom. The van der Waals surface area contributed by atoms with E-state index in [1.54, 1.807) is 0 Å². The molecule has 22 heavy (non-hydrogen) atoms. The molecule has 2 nitrogen and oxygen atoms in total. The molecule has 0 aliphatic rings. The summed E-state index contributed by atoms with van der Waals surface area (Å²) >= 11 is 0. The SMILES string of the molecule is CCC(CC)(Nc1ccc(C(C)C)cc1)c1ccc(N)cc1. The molecule has 0 spiro atoms. The van der Waals surface area contributed by atoms with Crippen molar-refractivity contribution in [3.8, 4) is 0 Å². The summed E-state index contributed by atoms with van der Waals surface area (Å²) < 4.78 is 0. The molecule has 2 aromatic carbocycles. The lowest BCUT2D eigenvalue weighted by atomic mass is 9.84. The van der Waals surface area contributed by atoms with Crippen molar-refractivity contribution in [1.82, 2.24) is 0 Å². The third-order valence-corrected chi connectivity index (χ3v) is 4.63. The van der Waals surface area contributed by atoms with Crippen molar-refractivity contribution in [2.45, 2.75) is 52.0 Å². The van der Waals surface area contributed by atoms with Crippen LogP contribution in [0.15, 0.2) is 48.5 Å². The number of rotatable bonds is 6. The van der Waals surface area contributed by atoms with Gasteiger partial charge in [-0.3, -0.25) is 0 Å². The molecule has 2 heteroatoms. The largest absolute Gasteiger partial charge is 0.399 e. The number of hydrogen-bond acceptors (Lipinski definition) is 2. The summed E-state index contributed by atoms with van der Waals surface area (Å²) in [6.45, 7) is 8.91. The molecule has 0 aromatic heterocycles. The van der Waals surface area contributed by atoms with Crippen LogP contribution in [-0.2, 0) is 5.54 Å². The first-order valence-corrected chi connectivity index (χ1v) is 8.25. The van der Waals surface area contributed by atoms with Gasteiger partial charge in [0, 0.05) is 11.4 Å². The highest BCUT2D eigenvalue weighted by Gasteiger charge is 2.28. The first-order valence-electron chi connectivity index (χ1n) is 8.25. The van der Waals surface area contributed by atoms with Crippen molar-refractivity contribution >= 4 is 11.4 Å². The normalized spacial score (nSPS) is 11.7. The van der Waals surface area contributed by atoms with E-state index in [9.17, 15) is 0 Å². The van der Waals surface area contributed by atoms with Gasteiger partial charge in [0.15, 0.2) is 0 Å². The minimum Gasteiger partial charge on any atom is -0.399 e. The summed E-state index contributed by atoms with van der Waals surface area (Å²) in [4.78, 5) is 0. The molecule has 2 aromatic rings. The standard InChI is InChI=1S/C20H28N2/c1-5-20(6-2,17-9-11-18(21)12-10-17)22-19-13-7-16(8-14-19)15(3)4/h7-15,22H,5-6,21H2,1-4H3. The zero-order chi connectivity index (χ0) is 16.2. The minimum atomic E-state index is -0.0486. The van der Waals surface area contributed by atoms with Gasteiger partial charge in [-0.05, 0) is 54.2 Å². The molecule has 0 radical (unpaired) electrons. The van der Waals surface area contributed by atoms with E-state index >= 15 is 0 Å². The van der Waals surface area contributed by atoms with Gasteiger partial charge in [0.2, 0.25) is 0 Å². The van der Waals surface area contributed by atoms with Crippen molar-refractivity contribution in [1.29, 1.82) is 0 Å². The Bertz CT molecular complexity index is 578. The van der Waals surface area contributed by atoms with Crippen molar-refractivity contribution in [3.63, 3.8) is 0 Å². The highest BCUT2D eigenvalue weighted by Crippen LogP contribution is 2.33. The quantitative estimate of drug-likeness (QED) is 0.689. The number of nitrogens with one attached hydrogen (secondary N) is 1. The van der Waals surface area contributed by atoms with E-state index in [0.29, 0.717) is 5.92 Å². The van der Waals surface area contributed by atoms with Crippen molar-refractivity contribution in [2.24, 2.45) is 0 Å². The van der Waals surface area contributed by atoms with Gasteiger partial charge in [-0.25, -0.2) is 0 Å². The average molecular weight is 296 g/mol. The first-order chi connectivity index (χ1) is 10.5. The second kappa shape index (κ2) is 6.87. The summed E-state index contributed by atoms with van der Waals surface area (Å²) in [6.07, 6.45) is 2.05. The molecule has 0 heterocycles. The maximum Gasteiger partial charge on any atom is 0.0620 e. The number of nitrogens with two attached hydrogens (primary N) is 1. The van der Waals surface area contributed by atoms with Gasteiger partial charge >= 0.3 is 0 Å². The Morgan fingerprint density at radius 2 is 1.45 bits per heavy atom. The summed E-state index contributed by atoms with van der Waals surface area (Å²) in [7, 11) is 0. The second-order valence-electron chi connectivity index (χ2n) is 6.31. The maximum absolute atomic E-state index is 5.83. The van der Waals surface area contributed by atoms with E-state index in [0.717, 1.165) is 18.5 Å². The van der Waals surface area contributed by atoms with Crippen LogP contribution in [0.2, 0.25) is 0 Å². The number of benzene rings is 2. The second-order valence-corrected chi connectivity index (χ2v) is 6.31. The summed E-state index contributed by atoms with van der Waals surface area (Å²) in [5.41, 5.74) is 10.4. The first kappa shape index (κ1) is 16.4. The number of hydrogen-bond donors (Lipinski definition) is 2. The van der Waals surface area contributed by atoms with Gasteiger partial charge in [-0.2, -0.15) is 0 Å². The Kier molecular flexibility index (Phi) is 5.12. The molecular weight excluding hydrogens is 268 g/mol. The highest BCUT2D eigenvalue weighted by molar-refractivity contribution is 5.51. The van der Waals surface area contributed by atoms with E-state index in [4.69, 9.17) is 5.73 Å². The number of anilines is 2. The average Bonchev–Trinajstić information content (AvgIpc) is 2.54. The summed E-state index contributed by atoms with van der Waals surface area (Å²) in [5, 5.41) is 3.75. The monoisotopic (exact) mass is 296 g/mol. The van der Waals surface area contributed by atoms with Gasteiger partial charge in [0.25, 0.3) is 0 Å². The Balaban J connectivity index is 2.29. The van der Waals surface area contributed by atoms with Crippen LogP contribution in [-0.4, -0.2) is 0 Å². The Labute approximate surface area is 134 Å². The Hall–Kier alpha value is -1.96. The molecule has 118 valence electrons. The molecule has 0 bridgehead atoms. The molecule has 0 unspecified atom stereocenters. The van der Waals surface area contributed by atoms with E-state index in [1.165, 1.54) is 16.8 Å². The fourth-order valence-electron chi connectivity index (χ4n) is 2.94. The van der Waals surface area contributed by atoms with Crippen LogP contribution in [0, 0.1) is 0 Å². The van der Waals surface area contributed by atoms with Gasteiger partial charge < -0.3 is 11.1 Å². The smallest absolute Gasteiger partial charge is 0.0620 e. The predicted molar refractivity (Wildman–Crippen MR) is 97.3 cm³/mol. The van der Waals surface area contributed by atoms with Crippen molar-refractivity contribution in [2.75, 3.05) is 11.1 Å². The van der Waals surface area contributed by atoms with Crippen LogP contribution in [0.1, 0.15) is 57.6 Å². The molecular formula is C20H28N2. The van der Waals surface area contributed by atoms with E-state index in [-0.39, 0.29) is 5.54 Å². The molecule has 0 saturated heterocycles. The zero-order valence-electron chi connectivity index (χ0n) is 14.2. The third kappa shape index (κ3) is 3.44. The minimum absolute atomic E-state index is 0.0486. The molecule has 0 aliphatic carbocycles. The van der Waals surface area contributed by atoms with Gasteiger partial charge in [0.05, 0.1) is 5.54 Å². The van der Waals surface area contributed by atoms with Crippen LogP contribution in [0.5, 0.6) is 0 Å². The van der Waals surface area contributed by atoms with Crippen LogP contribution >= 0.6 is 0 Å². The molecule has 0 aliphatic heterocycles. The highest BCUT2D eigenvalue weighted by atomic mass is 15.0. The lowest BCUT2D eigenvalue weighted by Crippen LogP contribution is -2.34. The van der Waals surface area contributed by atoms with Gasteiger partial charge in [0.1, 0.15) is 0 Å². The van der Waals surface area contributed by atoms with E-state index in [1.807, 2.05) is 12.1 Å². The molecule has 0 atom stereocenters. The van der Waals surface area contributed by atoms with E-state index in [2.05, 4.69) is 69.4 Å². The lowest BCUT2D eigenvalue weighted by molar-refractivity contribution is 0.455. The third-order valence-electron chi connectivity index (χ3n) is 4.63. The van der Waals surface area contributed by atoms with Crippen LogP contribution in [0.25, 0.3) is 0 Å². The van der Waals surface area contributed by atoms with Crippen LogP contribution < -0.4 is 11.1 Å². The van der Waals surface area contributed by atoms with Crippen molar-refractivity contribution < 1.29 is 0 Å². The van der Waals surface area contributed by atoms with E-state index < -0.39 is 0 Å². The summed E-state index contributed by atoms with van der Waals surface area (Å²) in [5.74, 6) is 0.563. The molecule has 2 rings (SSSR count).